The maximum Gasteiger partial charge on any atom is 0.253 e. The molecule has 0 aliphatic heterocycles. The largest absolute Gasteiger partial charge is 0.399 e. The van der Waals surface area contributed by atoms with Gasteiger partial charge in [-0.2, -0.15) is 0 Å². The van der Waals surface area contributed by atoms with E-state index in [2.05, 4.69) is 10.6 Å². The highest BCUT2D eigenvalue weighted by Crippen LogP contribution is 2.16. The van der Waals surface area contributed by atoms with Crippen LogP contribution >= 0.6 is 0 Å². The van der Waals surface area contributed by atoms with Gasteiger partial charge in [-0.25, -0.2) is 0 Å². The molecule has 0 aliphatic carbocycles. The van der Waals surface area contributed by atoms with Gasteiger partial charge >= 0.3 is 0 Å². The van der Waals surface area contributed by atoms with Crippen molar-refractivity contribution in [1.29, 1.82) is 0 Å². The average molecular weight is 373 g/mol. The summed E-state index contributed by atoms with van der Waals surface area (Å²) in [5.41, 5.74) is 9.41. The molecule has 3 aromatic rings. The summed E-state index contributed by atoms with van der Waals surface area (Å²) in [7, 11) is 0. The quantitative estimate of drug-likeness (QED) is 0.551. The highest BCUT2D eigenvalue weighted by Gasteiger charge is 2.13. The van der Waals surface area contributed by atoms with Gasteiger partial charge in [-0.05, 0) is 41.8 Å². The van der Waals surface area contributed by atoms with Gasteiger partial charge in [0.2, 0.25) is 5.91 Å². The lowest BCUT2D eigenvalue weighted by Crippen LogP contribution is -2.24. The van der Waals surface area contributed by atoms with Crippen molar-refractivity contribution in [1.82, 2.24) is 5.32 Å². The van der Waals surface area contributed by atoms with Gasteiger partial charge in [-0.15, -0.1) is 0 Å². The summed E-state index contributed by atoms with van der Waals surface area (Å²) >= 11 is 0. The Hall–Kier alpha value is -3.60. The van der Waals surface area contributed by atoms with Gasteiger partial charge in [0.15, 0.2) is 0 Å². The molecule has 0 unspecified atom stereocenters. The van der Waals surface area contributed by atoms with Crippen molar-refractivity contribution >= 4 is 23.2 Å². The molecule has 5 heteroatoms. The van der Waals surface area contributed by atoms with E-state index in [1.54, 1.807) is 24.3 Å². The first kappa shape index (κ1) is 19.2. The minimum atomic E-state index is -0.226. The number of carbonyl (C=O) groups is 2. The summed E-state index contributed by atoms with van der Waals surface area (Å²) in [5, 5.41) is 5.73. The fourth-order valence-electron chi connectivity index (χ4n) is 2.88. The van der Waals surface area contributed by atoms with E-state index in [9.17, 15) is 9.59 Å². The monoisotopic (exact) mass is 373 g/mol. The fraction of sp³-hybridized carbons (Fsp3) is 0.130. The van der Waals surface area contributed by atoms with E-state index in [4.69, 9.17) is 5.73 Å². The number of aryl methyl sites for hydroxylation is 1. The zero-order chi connectivity index (χ0) is 19.8. The predicted octanol–water partition coefficient (Wildman–Crippen LogP) is 3.77. The van der Waals surface area contributed by atoms with Crippen LogP contribution in [-0.4, -0.2) is 11.8 Å². The van der Waals surface area contributed by atoms with Gasteiger partial charge in [0.05, 0.1) is 11.3 Å². The van der Waals surface area contributed by atoms with Gasteiger partial charge in [-0.3, -0.25) is 9.59 Å². The van der Waals surface area contributed by atoms with Crippen molar-refractivity contribution in [3.63, 3.8) is 0 Å². The van der Waals surface area contributed by atoms with E-state index in [-0.39, 0.29) is 11.8 Å². The number of hydrogen-bond acceptors (Lipinski definition) is 3. The first-order valence-electron chi connectivity index (χ1n) is 9.17. The molecule has 0 spiro atoms. The Kier molecular flexibility index (Phi) is 6.41. The van der Waals surface area contributed by atoms with E-state index >= 15 is 0 Å². The molecule has 0 aromatic heterocycles. The molecule has 0 bridgehead atoms. The predicted molar refractivity (Wildman–Crippen MR) is 112 cm³/mol. The first-order chi connectivity index (χ1) is 13.6. The van der Waals surface area contributed by atoms with E-state index in [1.807, 2.05) is 54.6 Å². The number of rotatable bonds is 7. The molecular formula is C23H23N3O2. The molecule has 28 heavy (non-hydrogen) atoms. The highest BCUT2D eigenvalue weighted by atomic mass is 16.2. The lowest BCUT2D eigenvalue weighted by molar-refractivity contribution is -0.116. The second-order valence-corrected chi connectivity index (χ2v) is 6.51. The average Bonchev–Trinajstić information content (AvgIpc) is 2.72. The number of nitrogen functional groups attached to an aromatic ring is 1. The number of benzene rings is 3. The molecule has 3 rings (SSSR count). The van der Waals surface area contributed by atoms with Crippen LogP contribution in [0.2, 0.25) is 0 Å². The number of nitrogens with two attached hydrogens (primary N) is 1. The zero-order valence-corrected chi connectivity index (χ0v) is 15.5. The molecule has 0 heterocycles. The molecule has 0 radical (unpaired) electrons. The highest BCUT2D eigenvalue weighted by molar-refractivity contribution is 6.03. The standard InChI is InChI=1S/C23H23N3O2/c24-19-10-6-9-17(15-19)13-14-22(27)26-21-12-5-4-11-20(21)23(28)25-16-18-7-2-1-3-8-18/h1-12,15H,13-14,16,24H2,(H,25,28)(H,26,27). The van der Waals surface area contributed by atoms with E-state index in [0.717, 1.165) is 11.1 Å². The van der Waals surface area contributed by atoms with Crippen LogP contribution in [0.1, 0.15) is 27.9 Å². The molecular weight excluding hydrogens is 350 g/mol. The Labute approximate surface area is 164 Å². The molecule has 2 amide bonds. The van der Waals surface area contributed by atoms with Crippen LogP contribution < -0.4 is 16.4 Å². The third kappa shape index (κ3) is 5.45. The Morgan fingerprint density at radius 3 is 2.32 bits per heavy atom. The van der Waals surface area contributed by atoms with Crippen LogP contribution in [0.3, 0.4) is 0 Å². The van der Waals surface area contributed by atoms with Crippen molar-refractivity contribution in [2.75, 3.05) is 11.1 Å². The van der Waals surface area contributed by atoms with Crippen molar-refractivity contribution < 1.29 is 9.59 Å². The number of anilines is 2. The Morgan fingerprint density at radius 2 is 1.54 bits per heavy atom. The number of para-hydroxylation sites is 1. The van der Waals surface area contributed by atoms with Gasteiger partial charge in [0, 0.05) is 18.7 Å². The maximum atomic E-state index is 12.6. The third-order valence-corrected chi connectivity index (χ3v) is 4.33. The van der Waals surface area contributed by atoms with Crippen LogP contribution in [0.15, 0.2) is 78.9 Å². The van der Waals surface area contributed by atoms with Crippen molar-refractivity contribution in [2.24, 2.45) is 0 Å². The third-order valence-electron chi connectivity index (χ3n) is 4.33. The first-order valence-corrected chi connectivity index (χ1v) is 9.17. The summed E-state index contributed by atoms with van der Waals surface area (Å²) in [6.07, 6.45) is 0.892. The van der Waals surface area contributed by atoms with Crippen LogP contribution in [0, 0.1) is 0 Å². The normalized spacial score (nSPS) is 10.3. The van der Waals surface area contributed by atoms with Gasteiger partial charge in [0.25, 0.3) is 5.91 Å². The van der Waals surface area contributed by atoms with E-state index < -0.39 is 0 Å². The minimum Gasteiger partial charge on any atom is -0.399 e. The Balaban J connectivity index is 1.59. The van der Waals surface area contributed by atoms with Gasteiger partial charge in [-0.1, -0.05) is 54.6 Å². The van der Waals surface area contributed by atoms with Gasteiger partial charge in [0.1, 0.15) is 0 Å². The summed E-state index contributed by atoms with van der Waals surface area (Å²) in [6, 6.07) is 24.2. The smallest absolute Gasteiger partial charge is 0.253 e. The second-order valence-electron chi connectivity index (χ2n) is 6.51. The lowest BCUT2D eigenvalue weighted by Gasteiger charge is -2.12. The number of carbonyl (C=O) groups excluding carboxylic acids is 2. The second kappa shape index (κ2) is 9.37. The number of hydrogen-bond donors (Lipinski definition) is 3. The topological polar surface area (TPSA) is 84.2 Å². The fourth-order valence-corrected chi connectivity index (χ4v) is 2.88. The Morgan fingerprint density at radius 1 is 0.821 bits per heavy atom. The summed E-state index contributed by atoms with van der Waals surface area (Å²) in [6.45, 7) is 0.428. The van der Waals surface area contributed by atoms with E-state index in [0.29, 0.717) is 36.3 Å². The Bertz CT molecular complexity index is 955. The molecule has 0 fully saturated rings. The van der Waals surface area contributed by atoms with Crippen LogP contribution in [0.5, 0.6) is 0 Å². The molecule has 4 N–H and O–H groups in total. The van der Waals surface area contributed by atoms with E-state index in [1.165, 1.54) is 0 Å². The van der Waals surface area contributed by atoms with Crippen molar-refractivity contribution in [3.8, 4) is 0 Å². The minimum absolute atomic E-state index is 0.147. The van der Waals surface area contributed by atoms with Crippen LogP contribution in [0.25, 0.3) is 0 Å². The molecule has 142 valence electrons. The molecule has 3 aromatic carbocycles. The van der Waals surface area contributed by atoms with Crippen LogP contribution in [-0.2, 0) is 17.8 Å². The number of amides is 2. The van der Waals surface area contributed by atoms with Crippen LogP contribution in [0.4, 0.5) is 11.4 Å². The molecule has 0 saturated carbocycles. The van der Waals surface area contributed by atoms with Gasteiger partial charge < -0.3 is 16.4 Å². The zero-order valence-electron chi connectivity index (χ0n) is 15.5. The summed E-state index contributed by atoms with van der Waals surface area (Å²) < 4.78 is 0. The summed E-state index contributed by atoms with van der Waals surface area (Å²) in [4.78, 5) is 24.9. The maximum absolute atomic E-state index is 12.6. The molecule has 5 nitrogen and oxygen atoms in total. The van der Waals surface area contributed by atoms with Crippen molar-refractivity contribution in [2.45, 2.75) is 19.4 Å². The molecule has 0 saturated heterocycles. The summed E-state index contributed by atoms with van der Waals surface area (Å²) in [5.74, 6) is -0.374. The van der Waals surface area contributed by atoms with Crippen molar-refractivity contribution in [3.05, 3.63) is 95.6 Å². The molecule has 0 aliphatic rings. The SMILES string of the molecule is Nc1cccc(CCC(=O)Nc2ccccc2C(=O)NCc2ccccc2)c1. The lowest BCUT2D eigenvalue weighted by atomic mass is 10.1. The molecule has 0 atom stereocenters. The number of nitrogens with one attached hydrogen (secondary N) is 2.